The van der Waals surface area contributed by atoms with Gasteiger partial charge in [0, 0.05) is 21.9 Å². The van der Waals surface area contributed by atoms with Crippen molar-refractivity contribution < 1.29 is 9.84 Å². The molecule has 0 spiro atoms. The number of nitrogens with one attached hydrogen (secondary N) is 1. The van der Waals surface area contributed by atoms with E-state index in [1.807, 2.05) is 30.3 Å². The van der Waals surface area contributed by atoms with E-state index in [0.717, 1.165) is 49.6 Å². The molecule has 0 unspecified atom stereocenters. The molecule has 0 aliphatic rings. The second-order valence-electron chi connectivity index (χ2n) is 7.94. The fourth-order valence-corrected chi connectivity index (χ4v) is 3.87. The third kappa shape index (κ3) is 2.93. The van der Waals surface area contributed by atoms with E-state index in [1.165, 1.54) is 0 Å². The van der Waals surface area contributed by atoms with Crippen molar-refractivity contribution in [3.63, 3.8) is 0 Å². The molecule has 0 fully saturated rings. The number of aromatic nitrogens is 2. The van der Waals surface area contributed by atoms with Crippen LogP contribution < -0.4 is 4.74 Å². The van der Waals surface area contributed by atoms with Crippen LogP contribution in [0.2, 0.25) is 0 Å². The van der Waals surface area contributed by atoms with E-state index in [9.17, 15) is 5.11 Å². The van der Waals surface area contributed by atoms with Gasteiger partial charge in [0.1, 0.15) is 11.4 Å². The summed E-state index contributed by atoms with van der Waals surface area (Å²) < 4.78 is 5.34. The van der Waals surface area contributed by atoms with Crippen molar-refractivity contribution in [2.75, 3.05) is 7.11 Å². The Bertz CT molecular complexity index is 1380. The number of hydrogen-bond acceptors (Lipinski definition) is 3. The van der Waals surface area contributed by atoms with Gasteiger partial charge < -0.3 is 14.8 Å². The number of aliphatic hydroxyl groups is 1. The van der Waals surface area contributed by atoms with Gasteiger partial charge in [-0.15, -0.1) is 0 Å². The quantitative estimate of drug-likeness (QED) is 0.416. The SMILES string of the molecule is COc1ccc2cc(-c3nc(C(C)(C)O)cc4c3[nH]c3ccccc34)ccc2c1. The summed E-state index contributed by atoms with van der Waals surface area (Å²) in [6.45, 7) is 3.54. The molecule has 0 aliphatic heterocycles. The first-order valence-corrected chi connectivity index (χ1v) is 9.66. The Morgan fingerprint density at radius 2 is 1.66 bits per heavy atom. The molecule has 0 radical (unpaired) electrons. The normalized spacial score (nSPS) is 12.1. The standard InChI is InChI=1S/C25H22N2O2/c1-25(2,28)22-14-20-19-6-4-5-7-21(19)26-24(20)23(27-22)17-9-8-16-13-18(29-3)11-10-15(16)12-17/h4-14,26,28H,1-3H3. The number of hydrogen-bond donors (Lipinski definition) is 2. The zero-order valence-corrected chi connectivity index (χ0v) is 16.7. The Labute approximate surface area is 168 Å². The number of fused-ring (bicyclic) bond motifs is 4. The largest absolute Gasteiger partial charge is 0.497 e. The number of ether oxygens (including phenoxy) is 1. The van der Waals surface area contributed by atoms with Gasteiger partial charge in [0.15, 0.2) is 0 Å². The number of methoxy groups -OCH3 is 1. The molecule has 2 N–H and O–H groups in total. The first kappa shape index (κ1) is 17.7. The molecule has 0 amide bonds. The molecule has 5 rings (SSSR count). The Morgan fingerprint density at radius 1 is 0.897 bits per heavy atom. The molecule has 0 saturated heterocycles. The van der Waals surface area contributed by atoms with Crippen LogP contribution in [-0.4, -0.2) is 22.2 Å². The van der Waals surface area contributed by atoms with Crippen LogP contribution in [0.15, 0.2) is 66.7 Å². The molecule has 4 nitrogen and oxygen atoms in total. The maximum atomic E-state index is 10.7. The topological polar surface area (TPSA) is 58.1 Å². The molecule has 0 atom stereocenters. The Morgan fingerprint density at radius 3 is 2.45 bits per heavy atom. The van der Waals surface area contributed by atoms with Crippen LogP contribution in [0.3, 0.4) is 0 Å². The minimum absolute atomic E-state index is 0.652. The second-order valence-corrected chi connectivity index (χ2v) is 7.94. The zero-order valence-electron chi connectivity index (χ0n) is 16.7. The second kappa shape index (κ2) is 6.33. The first-order valence-electron chi connectivity index (χ1n) is 9.66. The van der Waals surface area contributed by atoms with Crippen molar-refractivity contribution in [2.24, 2.45) is 0 Å². The fraction of sp³-hybridized carbons (Fsp3) is 0.160. The number of benzene rings is 3. The molecule has 0 aliphatic carbocycles. The van der Waals surface area contributed by atoms with Gasteiger partial charge in [-0.25, -0.2) is 4.98 Å². The van der Waals surface area contributed by atoms with Crippen molar-refractivity contribution in [3.8, 4) is 17.0 Å². The summed E-state index contributed by atoms with van der Waals surface area (Å²) in [7, 11) is 1.67. The van der Waals surface area contributed by atoms with E-state index < -0.39 is 5.60 Å². The number of nitrogens with zero attached hydrogens (tertiary/aromatic N) is 1. The fourth-order valence-electron chi connectivity index (χ4n) is 3.87. The molecule has 29 heavy (non-hydrogen) atoms. The average molecular weight is 382 g/mol. The summed E-state index contributed by atoms with van der Waals surface area (Å²) in [4.78, 5) is 8.40. The van der Waals surface area contributed by atoms with Crippen LogP contribution in [0.25, 0.3) is 43.8 Å². The van der Waals surface area contributed by atoms with Crippen LogP contribution in [0, 0.1) is 0 Å². The van der Waals surface area contributed by atoms with Crippen molar-refractivity contribution >= 4 is 32.6 Å². The minimum atomic E-state index is -1.04. The van der Waals surface area contributed by atoms with Crippen molar-refractivity contribution in [3.05, 3.63) is 72.4 Å². The molecule has 0 saturated carbocycles. The molecule has 144 valence electrons. The molecular weight excluding hydrogens is 360 g/mol. The van der Waals surface area contributed by atoms with Crippen LogP contribution in [0.1, 0.15) is 19.5 Å². The summed E-state index contributed by atoms with van der Waals surface area (Å²) in [5, 5.41) is 15.1. The molecule has 3 aromatic carbocycles. The summed E-state index contributed by atoms with van der Waals surface area (Å²) >= 11 is 0. The molecule has 4 heteroatoms. The summed E-state index contributed by atoms with van der Waals surface area (Å²) in [6.07, 6.45) is 0. The van der Waals surface area contributed by atoms with Crippen molar-refractivity contribution in [1.82, 2.24) is 9.97 Å². The summed E-state index contributed by atoms with van der Waals surface area (Å²) in [6, 6.07) is 22.5. The van der Waals surface area contributed by atoms with Gasteiger partial charge in [-0.1, -0.05) is 36.4 Å². The van der Waals surface area contributed by atoms with E-state index in [-0.39, 0.29) is 0 Å². The van der Waals surface area contributed by atoms with Gasteiger partial charge in [0.2, 0.25) is 0 Å². The number of para-hydroxylation sites is 1. The Balaban J connectivity index is 1.82. The van der Waals surface area contributed by atoms with E-state index in [4.69, 9.17) is 9.72 Å². The molecular formula is C25H22N2O2. The number of rotatable bonds is 3. The molecule has 5 aromatic rings. The van der Waals surface area contributed by atoms with Gasteiger partial charge in [-0.2, -0.15) is 0 Å². The highest BCUT2D eigenvalue weighted by Crippen LogP contribution is 2.36. The highest BCUT2D eigenvalue weighted by Gasteiger charge is 2.22. The monoisotopic (exact) mass is 382 g/mol. The van der Waals surface area contributed by atoms with Gasteiger partial charge >= 0.3 is 0 Å². The number of pyridine rings is 1. The molecule has 2 aromatic heterocycles. The summed E-state index contributed by atoms with van der Waals surface area (Å²) in [5.41, 5.74) is 3.50. The molecule has 2 heterocycles. The van der Waals surface area contributed by atoms with E-state index in [2.05, 4.69) is 41.4 Å². The van der Waals surface area contributed by atoms with Gasteiger partial charge in [0.25, 0.3) is 0 Å². The molecule has 0 bridgehead atoms. The predicted molar refractivity (Wildman–Crippen MR) is 118 cm³/mol. The third-order valence-electron chi connectivity index (χ3n) is 5.44. The lowest BCUT2D eigenvalue weighted by Gasteiger charge is -2.18. The highest BCUT2D eigenvalue weighted by molar-refractivity contribution is 6.11. The number of H-pyrrole nitrogens is 1. The lowest BCUT2D eigenvalue weighted by molar-refractivity contribution is 0.0741. The Kier molecular flexibility index (Phi) is 3.86. The average Bonchev–Trinajstić information content (AvgIpc) is 3.10. The van der Waals surface area contributed by atoms with Crippen molar-refractivity contribution in [2.45, 2.75) is 19.4 Å². The lowest BCUT2D eigenvalue weighted by Crippen LogP contribution is -2.17. The van der Waals surface area contributed by atoms with Crippen molar-refractivity contribution in [1.29, 1.82) is 0 Å². The van der Waals surface area contributed by atoms with Crippen LogP contribution in [-0.2, 0) is 5.60 Å². The van der Waals surface area contributed by atoms with Crippen LogP contribution in [0.4, 0.5) is 0 Å². The van der Waals surface area contributed by atoms with Crippen LogP contribution >= 0.6 is 0 Å². The lowest BCUT2D eigenvalue weighted by atomic mass is 9.98. The van der Waals surface area contributed by atoms with E-state index in [1.54, 1.807) is 21.0 Å². The maximum absolute atomic E-state index is 10.7. The number of aromatic amines is 1. The van der Waals surface area contributed by atoms with Gasteiger partial charge in [-0.05, 0) is 55.0 Å². The van der Waals surface area contributed by atoms with E-state index >= 15 is 0 Å². The highest BCUT2D eigenvalue weighted by atomic mass is 16.5. The Hall–Kier alpha value is -3.37. The van der Waals surface area contributed by atoms with Gasteiger partial charge in [0.05, 0.1) is 24.0 Å². The summed E-state index contributed by atoms with van der Waals surface area (Å²) in [5.74, 6) is 0.838. The smallest absolute Gasteiger partial charge is 0.119 e. The maximum Gasteiger partial charge on any atom is 0.119 e. The van der Waals surface area contributed by atoms with Gasteiger partial charge in [-0.3, -0.25) is 0 Å². The first-order chi connectivity index (χ1) is 13.9. The third-order valence-corrected chi connectivity index (χ3v) is 5.44. The zero-order chi connectivity index (χ0) is 20.2. The van der Waals surface area contributed by atoms with E-state index in [0.29, 0.717) is 5.69 Å². The van der Waals surface area contributed by atoms with Crippen LogP contribution in [0.5, 0.6) is 5.75 Å². The minimum Gasteiger partial charge on any atom is -0.497 e. The predicted octanol–water partition coefficient (Wildman–Crippen LogP) is 5.77.